The van der Waals surface area contributed by atoms with Gasteiger partial charge in [-0.05, 0) is 48.4 Å². The van der Waals surface area contributed by atoms with Crippen molar-refractivity contribution < 1.29 is 13.2 Å². The van der Waals surface area contributed by atoms with Gasteiger partial charge in [0.15, 0.2) is 0 Å². The predicted molar refractivity (Wildman–Crippen MR) is 99.5 cm³/mol. The third kappa shape index (κ3) is 5.45. The molecule has 2 rings (SSSR count). The Bertz CT molecular complexity index is 739. The monoisotopic (exact) mass is 348 g/mol. The van der Waals surface area contributed by atoms with E-state index in [1.165, 1.54) is 5.56 Å². The summed E-state index contributed by atoms with van der Waals surface area (Å²) in [5.41, 5.74) is 2.78. The van der Waals surface area contributed by atoms with E-state index in [4.69, 9.17) is 4.74 Å². The lowest BCUT2D eigenvalue weighted by Gasteiger charge is -2.13. The Morgan fingerprint density at radius 2 is 1.62 bits per heavy atom. The summed E-state index contributed by atoms with van der Waals surface area (Å²) in [5.74, 6) is 0.579. The quantitative estimate of drug-likeness (QED) is 0.796. The molecule has 2 aromatic rings. The number of sulfonamides is 1. The zero-order valence-electron chi connectivity index (χ0n) is 14.3. The van der Waals surface area contributed by atoms with Crippen LogP contribution in [-0.2, 0) is 16.4 Å². The Labute approximate surface area is 144 Å². The zero-order chi connectivity index (χ0) is 17.6. The van der Waals surface area contributed by atoms with Crippen molar-refractivity contribution in [1.29, 1.82) is 0 Å². The number of aryl methyl sites for hydroxylation is 1. The molecule has 0 aliphatic heterocycles. The lowest BCUT2D eigenvalue weighted by atomic mass is 10.2. The molecule has 0 bridgehead atoms. The topological polar surface area (TPSA) is 58.6 Å². The van der Waals surface area contributed by atoms with Gasteiger partial charge in [0.1, 0.15) is 18.1 Å². The Hall–Kier alpha value is -2.21. The second kappa shape index (κ2) is 8.06. The van der Waals surface area contributed by atoms with Crippen LogP contribution in [0.5, 0.6) is 5.75 Å². The zero-order valence-corrected chi connectivity index (χ0v) is 15.1. The number of ether oxygens (including phenoxy) is 1. The Morgan fingerprint density at radius 1 is 1.00 bits per heavy atom. The normalized spacial score (nSPS) is 11.1. The molecule has 6 heteroatoms. The molecular weight excluding hydrogens is 324 g/mol. The summed E-state index contributed by atoms with van der Waals surface area (Å²) < 4.78 is 32.3. The van der Waals surface area contributed by atoms with Crippen molar-refractivity contribution in [3.8, 4) is 5.75 Å². The van der Waals surface area contributed by atoms with Crippen molar-refractivity contribution in [1.82, 2.24) is 0 Å². The summed E-state index contributed by atoms with van der Waals surface area (Å²) in [7, 11) is 0.429. The summed E-state index contributed by atoms with van der Waals surface area (Å²) in [5, 5.41) is 0. The minimum Gasteiger partial charge on any atom is -0.492 e. The standard InChI is InChI=1S/C18H24N2O3S/c1-4-15-5-11-18(12-6-15)23-13-14-24(21,22)19-16-7-9-17(10-8-16)20(2)3/h5-12,19H,4,13-14H2,1-3H3. The van der Waals surface area contributed by atoms with Crippen molar-refractivity contribution in [2.75, 3.05) is 36.1 Å². The van der Waals surface area contributed by atoms with Gasteiger partial charge in [-0.15, -0.1) is 0 Å². The van der Waals surface area contributed by atoms with E-state index in [-0.39, 0.29) is 12.4 Å². The number of anilines is 2. The van der Waals surface area contributed by atoms with Crippen LogP contribution in [0.3, 0.4) is 0 Å². The lowest BCUT2D eigenvalue weighted by molar-refractivity contribution is 0.341. The third-order valence-corrected chi connectivity index (χ3v) is 4.86. The second-order valence-corrected chi connectivity index (χ2v) is 7.55. The molecule has 0 heterocycles. The van der Waals surface area contributed by atoms with Gasteiger partial charge in [-0.25, -0.2) is 8.42 Å². The van der Waals surface area contributed by atoms with Crippen molar-refractivity contribution in [3.05, 3.63) is 54.1 Å². The largest absolute Gasteiger partial charge is 0.492 e. The summed E-state index contributed by atoms with van der Waals surface area (Å²) in [6.07, 6.45) is 0.963. The molecule has 0 spiro atoms. The van der Waals surface area contributed by atoms with Gasteiger partial charge in [0.05, 0.1) is 0 Å². The molecule has 0 fully saturated rings. The molecule has 0 atom stereocenters. The van der Waals surface area contributed by atoms with Crippen LogP contribution in [-0.4, -0.2) is 34.9 Å². The van der Waals surface area contributed by atoms with Gasteiger partial charge in [0.2, 0.25) is 10.0 Å². The molecule has 5 nitrogen and oxygen atoms in total. The van der Waals surface area contributed by atoms with E-state index in [1.54, 1.807) is 12.1 Å². The minimum atomic E-state index is -3.44. The van der Waals surface area contributed by atoms with Crippen molar-refractivity contribution in [2.45, 2.75) is 13.3 Å². The number of hydrogen-bond donors (Lipinski definition) is 1. The van der Waals surface area contributed by atoms with E-state index in [9.17, 15) is 8.42 Å². The van der Waals surface area contributed by atoms with Crippen molar-refractivity contribution in [2.24, 2.45) is 0 Å². The van der Waals surface area contributed by atoms with Gasteiger partial charge in [0, 0.05) is 25.5 Å². The highest BCUT2D eigenvalue weighted by Gasteiger charge is 2.11. The summed E-state index contributed by atoms with van der Waals surface area (Å²) in [6, 6.07) is 14.9. The number of hydrogen-bond acceptors (Lipinski definition) is 4. The average molecular weight is 348 g/mol. The van der Waals surface area contributed by atoms with Crippen LogP contribution < -0.4 is 14.4 Å². The van der Waals surface area contributed by atoms with Gasteiger partial charge in [-0.2, -0.15) is 0 Å². The molecule has 24 heavy (non-hydrogen) atoms. The molecule has 0 aliphatic rings. The molecule has 0 amide bonds. The molecule has 0 saturated heterocycles. The fourth-order valence-electron chi connectivity index (χ4n) is 2.15. The Kier molecular flexibility index (Phi) is 6.09. The Morgan fingerprint density at radius 3 is 2.17 bits per heavy atom. The van der Waals surface area contributed by atoms with E-state index in [0.717, 1.165) is 12.1 Å². The molecule has 0 aliphatic carbocycles. The van der Waals surface area contributed by atoms with Crippen LogP contribution >= 0.6 is 0 Å². The molecule has 0 aromatic heterocycles. The lowest BCUT2D eigenvalue weighted by Crippen LogP contribution is -2.21. The first-order valence-corrected chi connectivity index (χ1v) is 9.54. The molecule has 0 radical (unpaired) electrons. The number of nitrogens with zero attached hydrogens (tertiary/aromatic N) is 1. The highest BCUT2D eigenvalue weighted by atomic mass is 32.2. The molecule has 0 saturated carbocycles. The van der Waals surface area contributed by atoms with Crippen LogP contribution in [0.2, 0.25) is 0 Å². The minimum absolute atomic E-state index is 0.0992. The van der Waals surface area contributed by atoms with E-state index in [1.807, 2.05) is 55.4 Å². The Balaban J connectivity index is 1.86. The first kappa shape index (κ1) is 18.1. The van der Waals surface area contributed by atoms with E-state index in [0.29, 0.717) is 11.4 Å². The maximum Gasteiger partial charge on any atom is 0.236 e. The number of benzene rings is 2. The van der Waals surface area contributed by atoms with Gasteiger partial charge in [-0.3, -0.25) is 4.72 Å². The first-order chi connectivity index (χ1) is 11.4. The number of nitrogens with one attached hydrogen (secondary N) is 1. The molecule has 1 N–H and O–H groups in total. The van der Waals surface area contributed by atoms with Crippen LogP contribution in [0.4, 0.5) is 11.4 Å². The first-order valence-electron chi connectivity index (χ1n) is 7.89. The predicted octanol–water partition coefficient (Wildman–Crippen LogP) is 3.14. The van der Waals surface area contributed by atoms with Crippen LogP contribution in [0, 0.1) is 0 Å². The van der Waals surface area contributed by atoms with E-state index in [2.05, 4.69) is 11.6 Å². The van der Waals surface area contributed by atoms with Gasteiger partial charge in [-0.1, -0.05) is 19.1 Å². The molecule has 130 valence electrons. The summed E-state index contributed by atoms with van der Waals surface area (Å²) >= 11 is 0. The maximum atomic E-state index is 12.1. The van der Waals surface area contributed by atoms with Gasteiger partial charge in [0.25, 0.3) is 0 Å². The molecular formula is C18H24N2O3S. The maximum absolute atomic E-state index is 12.1. The van der Waals surface area contributed by atoms with Gasteiger partial charge < -0.3 is 9.64 Å². The van der Waals surface area contributed by atoms with Crippen molar-refractivity contribution >= 4 is 21.4 Å². The SMILES string of the molecule is CCc1ccc(OCCS(=O)(=O)Nc2ccc(N(C)C)cc2)cc1. The van der Waals surface area contributed by atoms with Crippen LogP contribution in [0.15, 0.2) is 48.5 Å². The summed E-state index contributed by atoms with van der Waals surface area (Å²) in [6.45, 7) is 2.19. The highest BCUT2D eigenvalue weighted by molar-refractivity contribution is 7.92. The van der Waals surface area contributed by atoms with Gasteiger partial charge >= 0.3 is 0 Å². The second-order valence-electron chi connectivity index (χ2n) is 5.71. The number of rotatable bonds is 8. The van der Waals surface area contributed by atoms with Crippen LogP contribution in [0.1, 0.15) is 12.5 Å². The van der Waals surface area contributed by atoms with E-state index >= 15 is 0 Å². The smallest absolute Gasteiger partial charge is 0.236 e. The average Bonchev–Trinajstić information content (AvgIpc) is 2.55. The molecule has 0 unspecified atom stereocenters. The van der Waals surface area contributed by atoms with Crippen LogP contribution in [0.25, 0.3) is 0 Å². The fourth-order valence-corrected chi connectivity index (χ4v) is 3.05. The van der Waals surface area contributed by atoms with Crippen molar-refractivity contribution in [3.63, 3.8) is 0 Å². The fraction of sp³-hybridized carbons (Fsp3) is 0.333. The summed E-state index contributed by atoms with van der Waals surface area (Å²) in [4.78, 5) is 1.95. The molecule has 2 aromatic carbocycles. The van der Waals surface area contributed by atoms with E-state index < -0.39 is 10.0 Å². The third-order valence-electron chi connectivity index (χ3n) is 3.61. The highest BCUT2D eigenvalue weighted by Crippen LogP contribution is 2.17.